The largest absolute Gasteiger partial charge is 0.376 e. The standard InChI is InChI=1S/C15H20N2O3S/c16-11-12-5-7-13(8-6-12)21(18,19)10-9-20-15-4-2-1-3-14(15)17/h5-8,14-15H,1-4,9-10,17H2. The van der Waals surface area contributed by atoms with Crippen LogP contribution in [0.5, 0.6) is 0 Å². The van der Waals surface area contributed by atoms with E-state index in [1.807, 2.05) is 6.07 Å². The molecule has 0 heterocycles. The summed E-state index contributed by atoms with van der Waals surface area (Å²) in [7, 11) is -3.38. The summed E-state index contributed by atoms with van der Waals surface area (Å²) in [6.07, 6.45) is 4.01. The van der Waals surface area contributed by atoms with Crippen LogP contribution in [0.15, 0.2) is 29.2 Å². The Balaban J connectivity index is 1.90. The summed E-state index contributed by atoms with van der Waals surface area (Å²) in [5.41, 5.74) is 6.41. The van der Waals surface area contributed by atoms with Gasteiger partial charge in [0, 0.05) is 6.04 Å². The summed E-state index contributed by atoms with van der Waals surface area (Å²) in [6, 6.07) is 7.90. The molecule has 1 aliphatic rings. The molecule has 6 heteroatoms. The summed E-state index contributed by atoms with van der Waals surface area (Å²) >= 11 is 0. The van der Waals surface area contributed by atoms with Gasteiger partial charge in [-0.15, -0.1) is 0 Å². The molecule has 1 aliphatic carbocycles. The number of nitrogens with two attached hydrogens (primary N) is 1. The predicted octanol–water partition coefficient (Wildman–Crippen LogP) is 1.62. The van der Waals surface area contributed by atoms with Gasteiger partial charge in [-0.3, -0.25) is 0 Å². The summed E-state index contributed by atoms with van der Waals surface area (Å²) in [5.74, 6) is -0.0673. The predicted molar refractivity (Wildman–Crippen MR) is 79.4 cm³/mol. The van der Waals surface area contributed by atoms with E-state index < -0.39 is 9.84 Å². The number of ether oxygens (including phenoxy) is 1. The minimum absolute atomic E-state index is 0.0105. The van der Waals surface area contributed by atoms with Crippen LogP contribution in [0.4, 0.5) is 0 Å². The summed E-state index contributed by atoms with van der Waals surface area (Å²) < 4.78 is 30.0. The Kier molecular flexibility index (Phi) is 5.34. The maximum absolute atomic E-state index is 12.2. The highest BCUT2D eigenvalue weighted by molar-refractivity contribution is 7.91. The topological polar surface area (TPSA) is 93.2 Å². The molecule has 1 aromatic carbocycles. The Morgan fingerprint density at radius 3 is 2.52 bits per heavy atom. The quantitative estimate of drug-likeness (QED) is 0.892. The van der Waals surface area contributed by atoms with Gasteiger partial charge in [-0.2, -0.15) is 5.26 Å². The first-order valence-corrected chi connectivity index (χ1v) is 8.78. The second kappa shape index (κ2) is 7.03. The van der Waals surface area contributed by atoms with Gasteiger partial charge in [0.2, 0.25) is 0 Å². The fourth-order valence-electron chi connectivity index (χ4n) is 2.50. The van der Waals surface area contributed by atoms with Gasteiger partial charge in [-0.05, 0) is 37.1 Å². The zero-order valence-electron chi connectivity index (χ0n) is 11.9. The molecule has 2 unspecified atom stereocenters. The third-order valence-corrected chi connectivity index (χ3v) is 5.47. The van der Waals surface area contributed by atoms with Crippen LogP contribution in [-0.4, -0.2) is 32.9 Å². The van der Waals surface area contributed by atoms with Gasteiger partial charge in [0.1, 0.15) is 0 Å². The number of nitriles is 1. The van der Waals surface area contributed by atoms with E-state index in [1.165, 1.54) is 24.3 Å². The lowest BCUT2D eigenvalue weighted by Crippen LogP contribution is -2.40. The lowest BCUT2D eigenvalue weighted by Gasteiger charge is -2.28. The molecule has 1 aromatic rings. The van der Waals surface area contributed by atoms with Gasteiger partial charge >= 0.3 is 0 Å². The highest BCUT2D eigenvalue weighted by Gasteiger charge is 2.23. The van der Waals surface area contributed by atoms with E-state index in [4.69, 9.17) is 15.7 Å². The van der Waals surface area contributed by atoms with E-state index in [9.17, 15) is 8.42 Å². The molecule has 2 N–H and O–H groups in total. The molecule has 0 aromatic heterocycles. The van der Waals surface area contributed by atoms with Crippen LogP contribution in [0.3, 0.4) is 0 Å². The van der Waals surface area contributed by atoms with Crippen LogP contribution in [0, 0.1) is 11.3 Å². The van der Waals surface area contributed by atoms with Crippen LogP contribution < -0.4 is 5.73 Å². The molecule has 0 aliphatic heterocycles. The van der Waals surface area contributed by atoms with Gasteiger partial charge in [0.05, 0.1) is 35.0 Å². The minimum atomic E-state index is -3.38. The molecule has 0 spiro atoms. The number of sulfone groups is 1. The normalized spacial score (nSPS) is 22.7. The first kappa shape index (κ1) is 16.0. The Labute approximate surface area is 125 Å². The Bertz CT molecular complexity index is 605. The third kappa shape index (κ3) is 4.27. The lowest BCUT2D eigenvalue weighted by atomic mass is 9.93. The first-order chi connectivity index (χ1) is 10.0. The summed E-state index contributed by atoms with van der Waals surface area (Å²) in [6.45, 7) is 0.153. The Morgan fingerprint density at radius 2 is 1.90 bits per heavy atom. The Morgan fingerprint density at radius 1 is 1.24 bits per heavy atom. The minimum Gasteiger partial charge on any atom is -0.376 e. The van der Waals surface area contributed by atoms with Crippen molar-refractivity contribution in [1.82, 2.24) is 0 Å². The molecule has 2 rings (SSSR count). The molecular weight excluding hydrogens is 288 g/mol. The maximum atomic E-state index is 12.2. The van der Waals surface area contributed by atoms with E-state index >= 15 is 0 Å². The lowest BCUT2D eigenvalue weighted by molar-refractivity contribution is 0.0239. The molecule has 1 saturated carbocycles. The fraction of sp³-hybridized carbons (Fsp3) is 0.533. The smallest absolute Gasteiger partial charge is 0.180 e. The fourth-order valence-corrected chi connectivity index (χ4v) is 3.60. The molecule has 5 nitrogen and oxygen atoms in total. The van der Waals surface area contributed by atoms with Crippen LogP contribution in [0.1, 0.15) is 31.2 Å². The van der Waals surface area contributed by atoms with Crippen molar-refractivity contribution in [1.29, 1.82) is 5.26 Å². The Hall–Kier alpha value is -1.42. The van der Waals surface area contributed by atoms with Gasteiger partial charge < -0.3 is 10.5 Å². The molecule has 0 radical (unpaired) electrons. The summed E-state index contributed by atoms with van der Waals surface area (Å²) in [4.78, 5) is 0.220. The van der Waals surface area contributed by atoms with Crippen molar-refractivity contribution in [3.8, 4) is 6.07 Å². The van der Waals surface area contributed by atoms with E-state index in [1.54, 1.807) is 0 Å². The zero-order chi connectivity index (χ0) is 15.3. The highest BCUT2D eigenvalue weighted by atomic mass is 32.2. The SMILES string of the molecule is N#Cc1ccc(S(=O)(=O)CCOC2CCCCC2N)cc1. The molecule has 114 valence electrons. The van der Waals surface area contributed by atoms with Crippen molar-refractivity contribution in [2.75, 3.05) is 12.4 Å². The number of hydrogen-bond acceptors (Lipinski definition) is 5. The maximum Gasteiger partial charge on any atom is 0.180 e. The molecule has 0 amide bonds. The number of rotatable bonds is 5. The molecule has 2 atom stereocenters. The summed E-state index contributed by atoms with van der Waals surface area (Å²) in [5, 5.41) is 8.71. The molecule has 0 saturated heterocycles. The van der Waals surface area contributed by atoms with Crippen LogP contribution in [0.2, 0.25) is 0 Å². The van der Waals surface area contributed by atoms with Crippen LogP contribution >= 0.6 is 0 Å². The second-order valence-corrected chi connectivity index (χ2v) is 7.42. The number of benzene rings is 1. The van der Waals surface area contributed by atoms with Gasteiger partial charge in [-0.1, -0.05) is 12.8 Å². The van der Waals surface area contributed by atoms with Gasteiger partial charge in [-0.25, -0.2) is 8.42 Å². The van der Waals surface area contributed by atoms with E-state index in [0.717, 1.165) is 25.7 Å². The zero-order valence-corrected chi connectivity index (χ0v) is 12.7. The van der Waals surface area contributed by atoms with Gasteiger partial charge in [0.25, 0.3) is 0 Å². The van der Waals surface area contributed by atoms with E-state index in [2.05, 4.69) is 0 Å². The van der Waals surface area contributed by atoms with Crippen molar-refractivity contribution >= 4 is 9.84 Å². The number of nitrogens with zero attached hydrogens (tertiary/aromatic N) is 1. The van der Waals surface area contributed by atoms with E-state index in [0.29, 0.717) is 5.56 Å². The van der Waals surface area contributed by atoms with Crippen molar-refractivity contribution in [2.45, 2.75) is 42.7 Å². The van der Waals surface area contributed by atoms with Crippen LogP contribution in [0.25, 0.3) is 0 Å². The average Bonchev–Trinajstić information content (AvgIpc) is 2.49. The highest BCUT2D eigenvalue weighted by Crippen LogP contribution is 2.20. The first-order valence-electron chi connectivity index (χ1n) is 7.13. The van der Waals surface area contributed by atoms with Crippen molar-refractivity contribution < 1.29 is 13.2 Å². The molecule has 21 heavy (non-hydrogen) atoms. The van der Waals surface area contributed by atoms with Crippen LogP contribution in [-0.2, 0) is 14.6 Å². The monoisotopic (exact) mass is 308 g/mol. The molecular formula is C15H20N2O3S. The molecule has 0 bridgehead atoms. The third-order valence-electron chi connectivity index (χ3n) is 3.78. The van der Waals surface area contributed by atoms with E-state index in [-0.39, 0.29) is 29.4 Å². The van der Waals surface area contributed by atoms with Gasteiger partial charge in [0.15, 0.2) is 9.84 Å². The molecule has 1 fully saturated rings. The van der Waals surface area contributed by atoms with Crippen molar-refractivity contribution in [3.05, 3.63) is 29.8 Å². The average molecular weight is 308 g/mol. The number of hydrogen-bond donors (Lipinski definition) is 1. The van der Waals surface area contributed by atoms with Crippen molar-refractivity contribution in [2.24, 2.45) is 5.73 Å². The second-order valence-electron chi connectivity index (χ2n) is 5.31. The van der Waals surface area contributed by atoms with Crippen molar-refractivity contribution in [3.63, 3.8) is 0 Å².